The summed E-state index contributed by atoms with van der Waals surface area (Å²) in [7, 11) is 1.48. The van der Waals surface area contributed by atoms with Crippen molar-refractivity contribution in [2.24, 2.45) is 0 Å². The van der Waals surface area contributed by atoms with Gasteiger partial charge in [-0.2, -0.15) is 0 Å². The lowest BCUT2D eigenvalue weighted by atomic mass is 10.3. The molecule has 2 aromatic carbocycles. The van der Waals surface area contributed by atoms with Crippen molar-refractivity contribution in [3.63, 3.8) is 0 Å². The number of carbonyl (C=O) groups is 3. The molecule has 0 unspecified atom stereocenters. The Morgan fingerprint density at radius 2 is 1.57 bits per heavy atom. The van der Waals surface area contributed by atoms with Crippen molar-refractivity contribution in [3.8, 4) is 5.75 Å². The van der Waals surface area contributed by atoms with Crippen LogP contribution in [0.3, 0.4) is 0 Å². The van der Waals surface area contributed by atoms with Crippen LogP contribution in [0.25, 0.3) is 0 Å². The summed E-state index contributed by atoms with van der Waals surface area (Å²) < 4.78 is 23.4. The second-order valence-corrected chi connectivity index (χ2v) is 6.42. The highest BCUT2D eigenvalue weighted by Gasteiger charge is 2.12. The molecule has 0 aromatic heterocycles. The van der Waals surface area contributed by atoms with Gasteiger partial charge in [-0.1, -0.05) is 24.3 Å². The van der Waals surface area contributed by atoms with Crippen molar-refractivity contribution in [1.82, 2.24) is 0 Å². The number of para-hydroxylation sites is 3. The monoisotopic (exact) mass is 406 g/mol. The number of ether oxygens (including phenoxy) is 2. The Balaban J connectivity index is 1.66. The van der Waals surface area contributed by atoms with Gasteiger partial charge in [-0.25, -0.2) is 4.39 Å². The van der Waals surface area contributed by atoms with E-state index in [4.69, 9.17) is 9.47 Å². The normalized spacial score (nSPS) is 10.1. The zero-order valence-electron chi connectivity index (χ0n) is 15.1. The molecule has 2 rings (SSSR count). The summed E-state index contributed by atoms with van der Waals surface area (Å²) in [4.78, 5) is 35.3. The zero-order valence-corrected chi connectivity index (χ0v) is 15.9. The van der Waals surface area contributed by atoms with Gasteiger partial charge in [0.2, 0.25) is 5.91 Å². The number of rotatable bonds is 9. The maximum Gasteiger partial charge on any atom is 0.316 e. The standard InChI is InChI=1S/C19H19FN2O5S/c1-26-16-9-5-4-8-15(16)22-17(23)10-27-19(25)12-28-11-18(24)21-14-7-3-2-6-13(14)20/h2-9H,10-12H2,1H3,(H,21,24)(H,22,23). The van der Waals surface area contributed by atoms with Crippen LogP contribution in [0.5, 0.6) is 5.75 Å². The fourth-order valence-electron chi connectivity index (χ4n) is 2.10. The number of hydrogen-bond donors (Lipinski definition) is 2. The summed E-state index contributed by atoms with van der Waals surface area (Å²) in [6.07, 6.45) is 0. The number of methoxy groups -OCH3 is 1. The van der Waals surface area contributed by atoms with Crippen LogP contribution in [0, 0.1) is 5.82 Å². The fourth-order valence-corrected chi connectivity index (χ4v) is 2.71. The second-order valence-electron chi connectivity index (χ2n) is 5.43. The van der Waals surface area contributed by atoms with E-state index < -0.39 is 30.2 Å². The Morgan fingerprint density at radius 3 is 2.29 bits per heavy atom. The number of halogens is 1. The number of benzene rings is 2. The number of thioether (sulfide) groups is 1. The van der Waals surface area contributed by atoms with E-state index in [1.54, 1.807) is 30.3 Å². The Labute approximate surface area is 165 Å². The van der Waals surface area contributed by atoms with Crippen molar-refractivity contribution in [2.75, 3.05) is 35.9 Å². The number of esters is 1. The lowest BCUT2D eigenvalue weighted by Gasteiger charge is -2.10. The first kappa shape index (κ1) is 21.2. The molecular formula is C19H19FN2O5S. The van der Waals surface area contributed by atoms with Gasteiger partial charge >= 0.3 is 5.97 Å². The molecule has 0 saturated heterocycles. The number of amides is 2. The number of carbonyl (C=O) groups excluding carboxylic acids is 3. The van der Waals surface area contributed by atoms with Gasteiger partial charge < -0.3 is 20.1 Å². The summed E-state index contributed by atoms with van der Waals surface area (Å²) in [5, 5.41) is 4.99. The third-order valence-electron chi connectivity index (χ3n) is 3.35. The Kier molecular flexibility index (Phi) is 8.29. The number of hydrogen-bond acceptors (Lipinski definition) is 6. The van der Waals surface area contributed by atoms with Crippen LogP contribution in [0.15, 0.2) is 48.5 Å². The van der Waals surface area contributed by atoms with Crippen LogP contribution in [0.1, 0.15) is 0 Å². The molecule has 9 heteroatoms. The third kappa shape index (κ3) is 6.92. The zero-order chi connectivity index (χ0) is 20.4. The van der Waals surface area contributed by atoms with E-state index in [-0.39, 0.29) is 17.2 Å². The van der Waals surface area contributed by atoms with Crippen molar-refractivity contribution in [3.05, 3.63) is 54.3 Å². The van der Waals surface area contributed by atoms with Crippen LogP contribution in [0.4, 0.5) is 15.8 Å². The molecule has 7 nitrogen and oxygen atoms in total. The lowest BCUT2D eigenvalue weighted by molar-refractivity contribution is -0.144. The van der Waals surface area contributed by atoms with Crippen LogP contribution in [-0.4, -0.2) is 43.0 Å². The van der Waals surface area contributed by atoms with E-state index in [1.165, 1.54) is 25.3 Å². The summed E-state index contributed by atoms with van der Waals surface area (Å²) in [6.45, 7) is -0.459. The Morgan fingerprint density at radius 1 is 0.929 bits per heavy atom. The molecular weight excluding hydrogens is 387 g/mol. The van der Waals surface area contributed by atoms with E-state index in [0.29, 0.717) is 11.4 Å². The average Bonchev–Trinajstić information content (AvgIpc) is 2.68. The molecule has 0 saturated carbocycles. The summed E-state index contributed by atoms with van der Waals surface area (Å²) in [5.41, 5.74) is 0.536. The molecule has 2 amide bonds. The predicted molar refractivity (Wildman–Crippen MR) is 105 cm³/mol. The molecule has 2 N–H and O–H groups in total. The molecule has 0 aliphatic rings. The van der Waals surface area contributed by atoms with E-state index >= 15 is 0 Å². The molecule has 0 bridgehead atoms. The fraction of sp³-hybridized carbons (Fsp3) is 0.211. The van der Waals surface area contributed by atoms with Crippen LogP contribution >= 0.6 is 11.8 Å². The molecule has 148 valence electrons. The molecule has 2 aromatic rings. The van der Waals surface area contributed by atoms with Gasteiger partial charge in [-0.15, -0.1) is 11.8 Å². The van der Waals surface area contributed by atoms with E-state index in [1.807, 2.05) is 0 Å². The SMILES string of the molecule is COc1ccccc1NC(=O)COC(=O)CSCC(=O)Nc1ccccc1F. The Bertz CT molecular complexity index is 847. The summed E-state index contributed by atoms with van der Waals surface area (Å²) in [6, 6.07) is 12.6. The Hall–Kier alpha value is -3.07. The molecule has 0 heterocycles. The highest BCUT2D eigenvalue weighted by Crippen LogP contribution is 2.22. The first-order valence-electron chi connectivity index (χ1n) is 8.20. The molecule has 0 atom stereocenters. The first-order chi connectivity index (χ1) is 13.5. The van der Waals surface area contributed by atoms with E-state index in [2.05, 4.69) is 10.6 Å². The maximum atomic E-state index is 13.4. The van der Waals surface area contributed by atoms with Gasteiger partial charge in [0, 0.05) is 0 Å². The van der Waals surface area contributed by atoms with E-state index in [0.717, 1.165) is 11.8 Å². The minimum absolute atomic E-state index is 0.0587. The molecule has 0 spiro atoms. The number of anilines is 2. The lowest BCUT2D eigenvalue weighted by Crippen LogP contribution is -2.22. The molecule has 28 heavy (non-hydrogen) atoms. The second kappa shape index (κ2) is 10.9. The van der Waals surface area contributed by atoms with Gasteiger partial charge in [0.05, 0.1) is 30.0 Å². The number of nitrogens with one attached hydrogen (secondary N) is 2. The van der Waals surface area contributed by atoms with Gasteiger partial charge in [0.1, 0.15) is 11.6 Å². The largest absolute Gasteiger partial charge is 0.495 e. The summed E-state index contributed by atoms with van der Waals surface area (Å²) in [5.74, 6) is -1.83. The van der Waals surface area contributed by atoms with Crippen molar-refractivity contribution in [2.45, 2.75) is 0 Å². The van der Waals surface area contributed by atoms with Crippen molar-refractivity contribution < 1.29 is 28.2 Å². The minimum atomic E-state index is -0.640. The molecule has 0 aliphatic carbocycles. The smallest absolute Gasteiger partial charge is 0.316 e. The van der Waals surface area contributed by atoms with Gasteiger partial charge in [-0.3, -0.25) is 14.4 Å². The first-order valence-corrected chi connectivity index (χ1v) is 9.35. The predicted octanol–water partition coefficient (Wildman–Crippen LogP) is 2.69. The van der Waals surface area contributed by atoms with Crippen LogP contribution in [-0.2, 0) is 19.1 Å². The van der Waals surface area contributed by atoms with Crippen LogP contribution < -0.4 is 15.4 Å². The van der Waals surface area contributed by atoms with Gasteiger partial charge in [0.15, 0.2) is 6.61 Å². The maximum absolute atomic E-state index is 13.4. The van der Waals surface area contributed by atoms with Crippen molar-refractivity contribution in [1.29, 1.82) is 0 Å². The highest BCUT2D eigenvalue weighted by atomic mass is 32.2. The topological polar surface area (TPSA) is 93.7 Å². The third-order valence-corrected chi connectivity index (χ3v) is 4.25. The van der Waals surface area contributed by atoms with Crippen LogP contribution in [0.2, 0.25) is 0 Å². The van der Waals surface area contributed by atoms with Crippen molar-refractivity contribution >= 4 is 40.9 Å². The molecule has 0 aliphatic heterocycles. The van der Waals surface area contributed by atoms with E-state index in [9.17, 15) is 18.8 Å². The molecule has 0 fully saturated rings. The quantitative estimate of drug-likeness (QED) is 0.622. The minimum Gasteiger partial charge on any atom is -0.495 e. The van der Waals surface area contributed by atoms with Gasteiger partial charge in [0.25, 0.3) is 5.91 Å². The summed E-state index contributed by atoms with van der Waals surface area (Å²) >= 11 is 0.996. The highest BCUT2D eigenvalue weighted by molar-refractivity contribution is 8.00. The molecule has 0 radical (unpaired) electrons. The van der Waals surface area contributed by atoms with Gasteiger partial charge in [-0.05, 0) is 24.3 Å². The average molecular weight is 406 g/mol.